The van der Waals surface area contributed by atoms with Crippen LogP contribution in [0.3, 0.4) is 0 Å². The smallest absolute Gasteiger partial charge is 0.119 e. The molecule has 2 aliphatic rings. The Labute approximate surface area is 322 Å². The number of hydrogen-bond acceptors (Lipinski definition) is 10. The Bertz CT molecular complexity index is 2490. The number of rotatable bonds is 9. The summed E-state index contributed by atoms with van der Waals surface area (Å²) in [6.45, 7) is 0.766. The molecule has 10 heteroatoms. The van der Waals surface area contributed by atoms with Gasteiger partial charge >= 0.3 is 0 Å². The van der Waals surface area contributed by atoms with E-state index in [0.717, 1.165) is 102 Å². The first-order chi connectivity index (χ1) is 27.7. The first kappa shape index (κ1) is 32.9. The highest BCUT2D eigenvalue weighted by atomic mass is 16.5. The highest BCUT2D eigenvalue weighted by Gasteiger charge is 2.28. The fraction of sp³-hybridized carbons (Fsp3) is 0.0435. The molecule has 56 heavy (non-hydrogen) atoms. The highest BCUT2D eigenvalue weighted by molar-refractivity contribution is 6.24. The van der Waals surface area contributed by atoms with Gasteiger partial charge in [0.1, 0.15) is 24.7 Å². The van der Waals surface area contributed by atoms with Crippen molar-refractivity contribution in [2.45, 2.75) is 13.2 Å². The van der Waals surface area contributed by atoms with Crippen molar-refractivity contribution in [2.75, 3.05) is 0 Å². The standard InChI is InChI=1S/C46H30N8O2/c1-5-35-41(36-6-2-22-48-44(36)43(35)47-21-1)53-31-11-15-33(16-12-31)55-27-29-9-19-39(51-25-29)40-20-10-30(26-52-40)28-56-34-17-13-32(14-18-34)54-42-37-7-3-23-49-45(37)46-38(42)8-4-24-50-46/h1-26H,27-28H2. The second-order valence-electron chi connectivity index (χ2n) is 13.2. The van der Waals surface area contributed by atoms with Crippen LogP contribution in [0.25, 0.3) is 34.2 Å². The average Bonchev–Trinajstić information content (AvgIpc) is 3.75. The summed E-state index contributed by atoms with van der Waals surface area (Å²) in [7, 11) is 0. The van der Waals surface area contributed by atoms with E-state index >= 15 is 0 Å². The summed E-state index contributed by atoms with van der Waals surface area (Å²) in [6, 6.07) is 39.3. The van der Waals surface area contributed by atoms with Gasteiger partial charge in [-0.05, 0) is 109 Å². The lowest BCUT2D eigenvalue weighted by molar-refractivity contribution is 0.305. The lowest BCUT2D eigenvalue weighted by Crippen LogP contribution is -1.99. The van der Waals surface area contributed by atoms with Crippen LogP contribution in [0, 0.1) is 0 Å². The van der Waals surface area contributed by atoms with Crippen molar-refractivity contribution in [3.63, 3.8) is 0 Å². The van der Waals surface area contributed by atoms with E-state index in [1.165, 1.54) is 0 Å². The zero-order chi connectivity index (χ0) is 37.3. The van der Waals surface area contributed by atoms with E-state index in [1.807, 2.05) is 134 Å². The second-order valence-corrected chi connectivity index (χ2v) is 13.2. The third-order valence-electron chi connectivity index (χ3n) is 9.58. The van der Waals surface area contributed by atoms with Crippen LogP contribution in [0.15, 0.2) is 168 Å². The summed E-state index contributed by atoms with van der Waals surface area (Å²) in [4.78, 5) is 37.3. The molecule has 0 aliphatic heterocycles. The number of fused-ring (bicyclic) bond motifs is 6. The Kier molecular flexibility index (Phi) is 8.37. The molecule has 0 saturated heterocycles. The minimum absolute atomic E-state index is 0.383. The molecule has 0 saturated carbocycles. The molecular formula is C46H30N8O2. The zero-order valence-electron chi connectivity index (χ0n) is 29.8. The summed E-state index contributed by atoms with van der Waals surface area (Å²) in [5.41, 5.74) is 14.2. The van der Waals surface area contributed by atoms with E-state index in [2.05, 4.69) is 29.9 Å². The predicted molar refractivity (Wildman–Crippen MR) is 215 cm³/mol. The number of aromatic nitrogens is 6. The van der Waals surface area contributed by atoms with Gasteiger partial charge in [-0.25, -0.2) is 9.98 Å². The average molecular weight is 727 g/mol. The third kappa shape index (κ3) is 6.35. The van der Waals surface area contributed by atoms with Gasteiger partial charge in [0.15, 0.2) is 0 Å². The van der Waals surface area contributed by atoms with Gasteiger partial charge < -0.3 is 9.47 Å². The van der Waals surface area contributed by atoms with Crippen LogP contribution in [-0.4, -0.2) is 41.3 Å². The normalized spacial score (nSPS) is 12.0. The van der Waals surface area contributed by atoms with E-state index in [0.29, 0.717) is 13.2 Å². The maximum absolute atomic E-state index is 6.07. The number of aliphatic imine (C=N–C) groups is 2. The van der Waals surface area contributed by atoms with Crippen molar-refractivity contribution >= 4 is 22.8 Å². The summed E-state index contributed by atoms with van der Waals surface area (Å²) in [5.74, 6) is 1.49. The Morgan fingerprint density at radius 2 is 0.732 bits per heavy atom. The summed E-state index contributed by atoms with van der Waals surface area (Å²) >= 11 is 0. The van der Waals surface area contributed by atoms with Crippen LogP contribution in [0.4, 0.5) is 11.4 Å². The Morgan fingerprint density at radius 3 is 1.05 bits per heavy atom. The number of hydrogen-bond donors (Lipinski definition) is 0. The van der Waals surface area contributed by atoms with Gasteiger partial charge in [0, 0.05) is 70.6 Å². The fourth-order valence-electron chi connectivity index (χ4n) is 6.82. The predicted octanol–water partition coefficient (Wildman–Crippen LogP) is 9.18. The van der Waals surface area contributed by atoms with E-state index in [4.69, 9.17) is 19.5 Å². The minimum atomic E-state index is 0.383. The van der Waals surface area contributed by atoms with Crippen molar-refractivity contribution < 1.29 is 9.47 Å². The molecule has 10 rings (SSSR count). The quantitative estimate of drug-likeness (QED) is 0.144. The fourth-order valence-corrected chi connectivity index (χ4v) is 6.82. The van der Waals surface area contributed by atoms with Gasteiger partial charge in [-0.1, -0.05) is 12.1 Å². The molecule has 0 atom stereocenters. The molecule has 6 heterocycles. The molecule has 10 nitrogen and oxygen atoms in total. The highest BCUT2D eigenvalue weighted by Crippen LogP contribution is 2.36. The number of pyridine rings is 6. The maximum Gasteiger partial charge on any atom is 0.119 e. The second kappa shape index (κ2) is 14.3. The monoisotopic (exact) mass is 726 g/mol. The molecule has 0 radical (unpaired) electrons. The van der Waals surface area contributed by atoms with Crippen LogP contribution >= 0.6 is 0 Å². The van der Waals surface area contributed by atoms with Crippen LogP contribution in [0.2, 0.25) is 0 Å². The van der Waals surface area contributed by atoms with Crippen molar-refractivity contribution in [1.29, 1.82) is 0 Å². The molecule has 6 aromatic heterocycles. The Hall–Kier alpha value is -7.72. The topological polar surface area (TPSA) is 121 Å². The van der Waals surface area contributed by atoms with E-state index in [1.54, 1.807) is 24.8 Å². The molecule has 8 aromatic rings. The minimum Gasteiger partial charge on any atom is -0.489 e. The molecule has 2 aromatic carbocycles. The van der Waals surface area contributed by atoms with Crippen molar-refractivity contribution in [1.82, 2.24) is 29.9 Å². The molecular weight excluding hydrogens is 697 g/mol. The summed E-state index contributed by atoms with van der Waals surface area (Å²) in [6.07, 6.45) is 10.8. The summed E-state index contributed by atoms with van der Waals surface area (Å²) < 4.78 is 12.1. The van der Waals surface area contributed by atoms with Gasteiger partial charge in [0.2, 0.25) is 0 Å². The van der Waals surface area contributed by atoms with Crippen LogP contribution in [-0.2, 0) is 13.2 Å². The van der Waals surface area contributed by atoms with Crippen molar-refractivity contribution in [2.24, 2.45) is 9.98 Å². The molecule has 0 amide bonds. The molecule has 0 fully saturated rings. The lowest BCUT2D eigenvalue weighted by atomic mass is 10.1. The molecule has 0 spiro atoms. The van der Waals surface area contributed by atoms with Gasteiger partial charge in [-0.15, -0.1) is 0 Å². The molecule has 0 N–H and O–H groups in total. The first-order valence-corrected chi connectivity index (χ1v) is 18.1. The third-order valence-corrected chi connectivity index (χ3v) is 9.58. The van der Waals surface area contributed by atoms with Gasteiger partial charge in [-0.2, -0.15) is 0 Å². The Balaban J connectivity index is 0.737. The largest absolute Gasteiger partial charge is 0.489 e. The molecule has 0 unspecified atom stereocenters. The van der Waals surface area contributed by atoms with E-state index in [-0.39, 0.29) is 0 Å². The number of benzene rings is 2. The molecule has 0 bridgehead atoms. The van der Waals surface area contributed by atoms with Crippen LogP contribution < -0.4 is 9.47 Å². The summed E-state index contributed by atoms with van der Waals surface area (Å²) in [5, 5.41) is 0. The van der Waals surface area contributed by atoms with Crippen molar-refractivity contribution in [3.8, 4) is 45.7 Å². The lowest BCUT2D eigenvalue weighted by Gasteiger charge is -2.09. The first-order valence-electron chi connectivity index (χ1n) is 18.1. The van der Waals surface area contributed by atoms with E-state index in [9.17, 15) is 0 Å². The maximum atomic E-state index is 6.07. The van der Waals surface area contributed by atoms with Gasteiger partial charge in [-0.3, -0.25) is 29.9 Å². The SMILES string of the molecule is c1cnc2c(c1)C(=Nc1ccc(OCc3ccc(-c4ccc(COc5ccc(N=C6c7cccnc7-c7ncccc76)cc5)cn4)nc3)cc1)c1cccnc1-2. The van der Waals surface area contributed by atoms with Crippen molar-refractivity contribution in [3.05, 3.63) is 192 Å². The van der Waals surface area contributed by atoms with E-state index < -0.39 is 0 Å². The molecule has 2 aliphatic carbocycles. The van der Waals surface area contributed by atoms with Gasteiger partial charge in [0.25, 0.3) is 0 Å². The Morgan fingerprint density at radius 1 is 0.375 bits per heavy atom. The van der Waals surface area contributed by atoms with Crippen LogP contribution in [0.1, 0.15) is 33.4 Å². The number of nitrogens with zero attached hydrogens (tertiary/aromatic N) is 8. The van der Waals surface area contributed by atoms with Crippen LogP contribution in [0.5, 0.6) is 11.5 Å². The number of ether oxygens (including phenoxy) is 2. The molecule has 266 valence electrons. The zero-order valence-corrected chi connectivity index (χ0v) is 29.8. The van der Waals surface area contributed by atoms with Gasteiger partial charge in [0.05, 0.1) is 57.0 Å².